The summed E-state index contributed by atoms with van der Waals surface area (Å²) in [6.45, 7) is 3.68. The fraction of sp³-hybridized carbons (Fsp3) is 0.360. The van der Waals surface area contributed by atoms with E-state index in [1.165, 1.54) is 5.56 Å². The molecule has 1 saturated heterocycles. The fourth-order valence-electron chi connectivity index (χ4n) is 4.67. The van der Waals surface area contributed by atoms with Gasteiger partial charge in [0.05, 0.1) is 7.11 Å². The van der Waals surface area contributed by atoms with Crippen LogP contribution in [0.2, 0.25) is 5.02 Å². The highest BCUT2D eigenvalue weighted by Crippen LogP contribution is 2.33. The van der Waals surface area contributed by atoms with Crippen LogP contribution in [0, 0.1) is 11.8 Å². The summed E-state index contributed by atoms with van der Waals surface area (Å²) in [6.07, 6.45) is -4.24. The summed E-state index contributed by atoms with van der Waals surface area (Å²) in [5.41, 5.74) is 1.93. The van der Waals surface area contributed by atoms with Crippen LogP contribution in [0.25, 0.3) is 0 Å². The minimum absolute atomic E-state index is 0.240. The Kier molecular flexibility index (Phi) is 8.22. The molecular formula is C25H25ClF3N5O4. The molecule has 1 amide bonds. The molecule has 0 spiro atoms. The highest BCUT2D eigenvalue weighted by molar-refractivity contribution is 6.30. The van der Waals surface area contributed by atoms with Crippen molar-refractivity contribution < 1.29 is 32.6 Å². The molecule has 2 aliphatic heterocycles. The molecule has 38 heavy (non-hydrogen) atoms. The number of nitrogens with zero attached hydrogens (tertiary/aromatic N) is 4. The van der Waals surface area contributed by atoms with Crippen molar-refractivity contribution in [2.24, 2.45) is 11.8 Å². The van der Waals surface area contributed by atoms with Crippen LogP contribution in [0.1, 0.15) is 22.0 Å². The molecule has 2 unspecified atom stereocenters. The smallest absolute Gasteiger partial charge is 0.490 e. The van der Waals surface area contributed by atoms with Crippen molar-refractivity contribution in [2.45, 2.75) is 25.7 Å². The summed E-state index contributed by atoms with van der Waals surface area (Å²) in [4.78, 5) is 24.2. The highest BCUT2D eigenvalue weighted by Gasteiger charge is 2.39. The molecule has 0 saturated carbocycles. The Balaban J connectivity index is 0.000000426. The Morgan fingerprint density at radius 3 is 2.42 bits per heavy atom. The van der Waals surface area contributed by atoms with E-state index in [0.29, 0.717) is 23.3 Å². The van der Waals surface area contributed by atoms with Crippen molar-refractivity contribution in [3.8, 4) is 5.75 Å². The van der Waals surface area contributed by atoms with E-state index in [-0.39, 0.29) is 5.91 Å². The molecule has 0 bridgehead atoms. The molecule has 0 aliphatic carbocycles. The number of rotatable bonds is 5. The summed E-state index contributed by atoms with van der Waals surface area (Å²) in [6, 6.07) is 15.3. The van der Waals surface area contributed by atoms with Crippen molar-refractivity contribution >= 4 is 29.2 Å². The first kappa shape index (κ1) is 27.4. The van der Waals surface area contributed by atoms with Gasteiger partial charge >= 0.3 is 12.1 Å². The van der Waals surface area contributed by atoms with Crippen molar-refractivity contribution in [3.63, 3.8) is 0 Å². The van der Waals surface area contributed by atoms with Crippen molar-refractivity contribution in [3.05, 3.63) is 70.8 Å². The predicted molar refractivity (Wildman–Crippen MR) is 132 cm³/mol. The zero-order valence-corrected chi connectivity index (χ0v) is 21.0. The lowest BCUT2D eigenvalue weighted by atomic mass is 9.89. The van der Waals surface area contributed by atoms with Crippen LogP contribution < -0.4 is 10.1 Å². The van der Waals surface area contributed by atoms with Gasteiger partial charge in [-0.15, -0.1) is 10.2 Å². The number of fused-ring (bicyclic) bond motifs is 2. The first-order chi connectivity index (χ1) is 18.0. The Morgan fingerprint density at radius 2 is 1.79 bits per heavy atom. The third kappa shape index (κ3) is 6.62. The first-order valence-corrected chi connectivity index (χ1v) is 12.1. The maximum atomic E-state index is 12.8. The average Bonchev–Trinajstić information content (AvgIpc) is 3.45. The lowest BCUT2D eigenvalue weighted by molar-refractivity contribution is -0.192. The Bertz CT molecular complexity index is 1300. The number of carbonyl (C=O) groups is 2. The summed E-state index contributed by atoms with van der Waals surface area (Å²) in [5, 5.41) is 19.3. The van der Waals surface area contributed by atoms with Gasteiger partial charge in [0.25, 0.3) is 5.91 Å². The van der Waals surface area contributed by atoms with E-state index >= 15 is 0 Å². The Hall–Kier alpha value is -3.64. The van der Waals surface area contributed by atoms with Crippen LogP contribution in [-0.2, 0) is 24.3 Å². The Morgan fingerprint density at radius 1 is 1.11 bits per heavy atom. The van der Waals surface area contributed by atoms with E-state index in [0.717, 1.165) is 49.2 Å². The third-order valence-electron chi connectivity index (χ3n) is 6.43. The zero-order valence-electron chi connectivity index (χ0n) is 20.3. The topological polar surface area (TPSA) is 110 Å². The summed E-state index contributed by atoms with van der Waals surface area (Å²) in [7, 11) is 1.61. The molecule has 202 valence electrons. The highest BCUT2D eigenvalue weighted by atomic mass is 35.5. The number of methoxy groups -OCH3 is 1. The van der Waals surface area contributed by atoms with Gasteiger partial charge in [0, 0.05) is 43.3 Å². The molecule has 5 rings (SSSR count). The number of hydrogen-bond donors (Lipinski definition) is 2. The van der Waals surface area contributed by atoms with Gasteiger partial charge in [0.2, 0.25) is 5.82 Å². The summed E-state index contributed by atoms with van der Waals surface area (Å²) >= 11 is 6.14. The second-order valence-electron chi connectivity index (χ2n) is 9.08. The SMILES string of the molecule is COc1ccc(NC(=O)c2nnc3n2CC2CN(Cc4cccc(Cl)c4)CC2C3)cc1.O=C(O)C(F)(F)F. The quantitative estimate of drug-likeness (QED) is 0.491. The normalized spacial score (nSPS) is 18.6. The van der Waals surface area contributed by atoms with E-state index in [9.17, 15) is 18.0 Å². The van der Waals surface area contributed by atoms with E-state index in [2.05, 4.69) is 26.5 Å². The molecule has 13 heteroatoms. The van der Waals surface area contributed by atoms with Crippen LogP contribution in [0.15, 0.2) is 48.5 Å². The van der Waals surface area contributed by atoms with Gasteiger partial charge in [0.1, 0.15) is 11.6 Å². The molecule has 1 aromatic heterocycles. The average molecular weight is 552 g/mol. The Labute approximate surface area is 221 Å². The van der Waals surface area contributed by atoms with E-state index < -0.39 is 12.1 Å². The number of likely N-dealkylation sites (tertiary alicyclic amines) is 1. The molecule has 2 atom stereocenters. The monoisotopic (exact) mass is 551 g/mol. The molecule has 3 aromatic rings. The number of anilines is 1. The number of benzene rings is 2. The van der Waals surface area contributed by atoms with Gasteiger partial charge in [-0.2, -0.15) is 13.2 Å². The van der Waals surface area contributed by atoms with E-state index in [4.69, 9.17) is 26.2 Å². The van der Waals surface area contributed by atoms with Gasteiger partial charge in [-0.05, 0) is 53.8 Å². The van der Waals surface area contributed by atoms with Crippen LogP contribution in [0.5, 0.6) is 5.75 Å². The van der Waals surface area contributed by atoms with E-state index in [1.54, 1.807) is 7.11 Å². The summed E-state index contributed by atoms with van der Waals surface area (Å²) < 4.78 is 38.9. The van der Waals surface area contributed by atoms with Gasteiger partial charge in [-0.25, -0.2) is 4.79 Å². The largest absolute Gasteiger partial charge is 0.497 e. The lowest BCUT2D eigenvalue weighted by Gasteiger charge is -2.25. The number of carboxylic acids is 1. The number of carbonyl (C=O) groups excluding carboxylic acids is 1. The van der Waals surface area contributed by atoms with Gasteiger partial charge in [-0.1, -0.05) is 23.7 Å². The predicted octanol–water partition coefficient (Wildman–Crippen LogP) is 4.13. The number of carboxylic acid groups (broad SMARTS) is 1. The number of nitrogens with one attached hydrogen (secondary N) is 1. The minimum Gasteiger partial charge on any atom is -0.497 e. The van der Waals surface area contributed by atoms with Crippen LogP contribution in [0.4, 0.5) is 18.9 Å². The maximum absolute atomic E-state index is 12.8. The second kappa shape index (κ2) is 11.4. The number of aromatic nitrogens is 3. The first-order valence-electron chi connectivity index (χ1n) is 11.7. The molecule has 2 N–H and O–H groups in total. The second-order valence-corrected chi connectivity index (χ2v) is 9.52. The number of amides is 1. The number of aliphatic carboxylic acids is 1. The van der Waals surface area contributed by atoms with Gasteiger partial charge in [0.15, 0.2) is 0 Å². The fourth-order valence-corrected chi connectivity index (χ4v) is 4.89. The number of hydrogen-bond acceptors (Lipinski definition) is 6. The number of ether oxygens (including phenoxy) is 1. The van der Waals surface area contributed by atoms with Crippen LogP contribution in [0.3, 0.4) is 0 Å². The maximum Gasteiger partial charge on any atom is 0.490 e. The van der Waals surface area contributed by atoms with Gasteiger partial charge < -0.3 is 19.7 Å². The van der Waals surface area contributed by atoms with Crippen molar-refractivity contribution in [1.29, 1.82) is 0 Å². The number of halogens is 4. The summed E-state index contributed by atoms with van der Waals surface area (Å²) in [5.74, 6) is 0.0306. The molecule has 0 radical (unpaired) electrons. The molecule has 9 nitrogen and oxygen atoms in total. The van der Waals surface area contributed by atoms with Gasteiger partial charge in [-0.3, -0.25) is 9.69 Å². The van der Waals surface area contributed by atoms with Crippen LogP contribution >= 0.6 is 11.6 Å². The molecule has 1 fully saturated rings. The van der Waals surface area contributed by atoms with Crippen molar-refractivity contribution in [2.75, 3.05) is 25.5 Å². The lowest BCUT2D eigenvalue weighted by Crippen LogP contribution is -2.31. The van der Waals surface area contributed by atoms with E-state index in [1.807, 2.05) is 47.0 Å². The standard InChI is InChI=1S/C23H24ClN5O2.C2HF3O2/c1-31-20-7-5-19(6-8-20)25-23(30)22-27-26-21-10-16-12-28(13-17(16)14-29(21)22)11-15-3-2-4-18(24)9-15;3-2(4,5)1(6)7/h2-9,16-17H,10-14H2,1H3,(H,25,30);(H,6,7). The molecule has 2 aromatic carbocycles. The van der Waals surface area contributed by atoms with Crippen LogP contribution in [-0.4, -0.2) is 63.0 Å². The zero-order chi connectivity index (χ0) is 27.4. The molecule has 3 heterocycles. The minimum atomic E-state index is -5.08. The molecular weight excluding hydrogens is 527 g/mol. The third-order valence-corrected chi connectivity index (χ3v) is 6.67. The number of alkyl halides is 3. The van der Waals surface area contributed by atoms with Crippen molar-refractivity contribution in [1.82, 2.24) is 19.7 Å². The molecule has 2 aliphatic rings.